The van der Waals surface area contributed by atoms with Crippen molar-refractivity contribution in [2.75, 3.05) is 32.8 Å². The van der Waals surface area contributed by atoms with Gasteiger partial charge in [-0.15, -0.1) is 0 Å². The number of pyridine rings is 1. The number of rotatable bonds is 10. The Bertz CT molecular complexity index is 1360. The van der Waals surface area contributed by atoms with Crippen LogP contribution in [0.25, 0.3) is 0 Å². The summed E-state index contributed by atoms with van der Waals surface area (Å²) < 4.78 is 10.3. The number of nitrogens with zero attached hydrogens (tertiary/aromatic N) is 4. The predicted molar refractivity (Wildman–Crippen MR) is 156 cm³/mol. The first kappa shape index (κ1) is 29.4. The third-order valence-electron chi connectivity index (χ3n) is 7.38. The van der Waals surface area contributed by atoms with E-state index in [4.69, 9.17) is 14.6 Å². The number of benzene rings is 2. The van der Waals surface area contributed by atoms with Crippen LogP contribution in [0.5, 0.6) is 5.75 Å². The van der Waals surface area contributed by atoms with Gasteiger partial charge in [0.2, 0.25) is 0 Å². The van der Waals surface area contributed by atoms with E-state index in [1.807, 2.05) is 59.6 Å². The largest absolute Gasteiger partial charge is 0.482 e. The minimum absolute atomic E-state index is 0.0381. The number of carboxylic acids is 1. The molecule has 42 heavy (non-hydrogen) atoms. The molecule has 0 saturated carbocycles. The standard InChI is InChI=1S/C31H34N4O6S/c1-2-40-31(39)34-20-27(23-6-4-3-5-7-23)35(30(34)38)24-14-16-33(17-15-24)19-22-8-13-28(32-18-22)42-26-11-9-25(10-12-26)41-21-29(36)37/h3-13,18,24,27H,2,14-17,19-21H2,1H3,(H,36,37). The van der Waals surface area contributed by atoms with E-state index in [0.717, 1.165) is 53.5 Å². The van der Waals surface area contributed by atoms with E-state index in [1.54, 1.807) is 19.1 Å². The van der Waals surface area contributed by atoms with Crippen molar-refractivity contribution in [1.29, 1.82) is 0 Å². The first-order valence-electron chi connectivity index (χ1n) is 14.0. The Kier molecular flexibility index (Phi) is 9.60. The molecule has 0 bridgehead atoms. The van der Waals surface area contributed by atoms with Gasteiger partial charge in [-0.25, -0.2) is 24.3 Å². The molecule has 2 aliphatic heterocycles. The number of aliphatic carboxylic acids is 1. The highest BCUT2D eigenvalue weighted by atomic mass is 32.2. The third kappa shape index (κ3) is 7.21. The van der Waals surface area contributed by atoms with Crippen molar-refractivity contribution >= 4 is 29.9 Å². The Morgan fingerprint density at radius 2 is 1.76 bits per heavy atom. The smallest absolute Gasteiger partial charge is 0.418 e. The monoisotopic (exact) mass is 590 g/mol. The number of carboxylic acid groups (broad SMARTS) is 1. The minimum Gasteiger partial charge on any atom is -0.482 e. The fourth-order valence-electron chi connectivity index (χ4n) is 5.37. The number of imide groups is 1. The predicted octanol–water partition coefficient (Wildman–Crippen LogP) is 5.30. The quantitative estimate of drug-likeness (QED) is 0.336. The average molecular weight is 591 g/mol. The van der Waals surface area contributed by atoms with Gasteiger partial charge in [0, 0.05) is 36.8 Å². The lowest BCUT2D eigenvalue weighted by Gasteiger charge is -2.38. The number of hydrogen-bond acceptors (Lipinski definition) is 8. The first-order valence-corrected chi connectivity index (χ1v) is 14.8. The summed E-state index contributed by atoms with van der Waals surface area (Å²) in [6.07, 6.45) is 2.95. The van der Waals surface area contributed by atoms with Crippen LogP contribution in [0, 0.1) is 0 Å². The maximum Gasteiger partial charge on any atom is 0.418 e. The zero-order valence-corrected chi connectivity index (χ0v) is 24.2. The molecule has 10 nitrogen and oxygen atoms in total. The Balaban J connectivity index is 1.15. The molecule has 2 aromatic carbocycles. The molecule has 3 amide bonds. The highest BCUT2D eigenvalue weighted by molar-refractivity contribution is 7.99. The normalized spacial score (nSPS) is 17.8. The van der Waals surface area contributed by atoms with E-state index in [-0.39, 0.29) is 31.3 Å². The molecule has 3 aromatic rings. The van der Waals surface area contributed by atoms with Gasteiger partial charge in [-0.2, -0.15) is 0 Å². The Morgan fingerprint density at radius 3 is 2.40 bits per heavy atom. The molecule has 1 atom stereocenters. The number of ether oxygens (including phenoxy) is 2. The zero-order valence-electron chi connectivity index (χ0n) is 23.4. The van der Waals surface area contributed by atoms with E-state index in [0.29, 0.717) is 12.3 Å². The van der Waals surface area contributed by atoms with Gasteiger partial charge in [0.1, 0.15) is 10.8 Å². The molecule has 11 heteroatoms. The summed E-state index contributed by atoms with van der Waals surface area (Å²) >= 11 is 1.52. The van der Waals surface area contributed by atoms with Gasteiger partial charge >= 0.3 is 18.1 Å². The van der Waals surface area contributed by atoms with Crippen LogP contribution in [-0.2, 0) is 16.1 Å². The molecule has 0 radical (unpaired) electrons. The van der Waals surface area contributed by atoms with Crippen LogP contribution in [0.4, 0.5) is 9.59 Å². The number of hydrogen-bond donors (Lipinski definition) is 1. The van der Waals surface area contributed by atoms with Crippen LogP contribution >= 0.6 is 11.8 Å². The van der Waals surface area contributed by atoms with Crippen LogP contribution in [0.15, 0.2) is 82.8 Å². The molecule has 1 N–H and O–H groups in total. The van der Waals surface area contributed by atoms with Gasteiger partial charge in [-0.3, -0.25) is 4.90 Å². The average Bonchev–Trinajstić information content (AvgIpc) is 3.36. The summed E-state index contributed by atoms with van der Waals surface area (Å²) in [4.78, 5) is 47.7. The Labute approximate surface area is 249 Å². The molecule has 2 saturated heterocycles. The second-order valence-corrected chi connectivity index (χ2v) is 11.3. The zero-order chi connectivity index (χ0) is 29.5. The summed E-state index contributed by atoms with van der Waals surface area (Å²) in [5, 5.41) is 9.60. The molecule has 2 fully saturated rings. The molecular weight excluding hydrogens is 556 g/mol. The van der Waals surface area contributed by atoms with Crippen LogP contribution in [0.3, 0.4) is 0 Å². The van der Waals surface area contributed by atoms with E-state index >= 15 is 0 Å². The number of likely N-dealkylation sites (tertiary alicyclic amines) is 1. The molecule has 0 spiro atoms. The van der Waals surface area contributed by atoms with Crippen LogP contribution < -0.4 is 4.74 Å². The SMILES string of the molecule is CCOC(=O)N1CC(c2ccccc2)N(C2CCN(Cc3ccc(Sc4ccc(OCC(=O)O)cc4)nc3)CC2)C1=O. The van der Waals surface area contributed by atoms with Crippen LogP contribution in [0.1, 0.15) is 36.9 Å². The maximum atomic E-state index is 13.4. The van der Waals surface area contributed by atoms with Gasteiger partial charge in [-0.05, 0) is 61.2 Å². The van der Waals surface area contributed by atoms with E-state index in [9.17, 15) is 14.4 Å². The number of carbonyl (C=O) groups excluding carboxylic acids is 2. The van der Waals surface area contributed by atoms with Gasteiger partial charge in [0.25, 0.3) is 0 Å². The highest BCUT2D eigenvalue weighted by Crippen LogP contribution is 2.35. The van der Waals surface area contributed by atoms with Crippen molar-refractivity contribution in [3.63, 3.8) is 0 Å². The third-order valence-corrected chi connectivity index (χ3v) is 8.34. The van der Waals surface area contributed by atoms with Crippen molar-refractivity contribution in [3.8, 4) is 5.75 Å². The molecule has 1 aromatic heterocycles. The summed E-state index contributed by atoms with van der Waals surface area (Å²) in [5.41, 5.74) is 2.13. The lowest BCUT2D eigenvalue weighted by Crippen LogP contribution is -2.47. The number of carbonyl (C=O) groups is 3. The topological polar surface area (TPSA) is 113 Å². The van der Waals surface area contributed by atoms with Crippen molar-refractivity contribution in [2.45, 2.75) is 48.3 Å². The molecular formula is C31H34N4O6S. The van der Waals surface area contributed by atoms with Crippen LogP contribution in [0.2, 0.25) is 0 Å². The minimum atomic E-state index is -1.01. The summed E-state index contributed by atoms with van der Waals surface area (Å²) in [7, 11) is 0. The van der Waals surface area contributed by atoms with Crippen molar-refractivity contribution in [2.24, 2.45) is 0 Å². The summed E-state index contributed by atoms with van der Waals surface area (Å²) in [6.45, 7) is 4.33. The van der Waals surface area contributed by atoms with Gasteiger partial charge < -0.3 is 19.5 Å². The van der Waals surface area contributed by atoms with E-state index in [1.165, 1.54) is 16.7 Å². The maximum absolute atomic E-state index is 13.4. The molecule has 220 valence electrons. The fraction of sp³-hybridized carbons (Fsp3) is 0.355. The van der Waals surface area contributed by atoms with E-state index in [2.05, 4.69) is 16.0 Å². The molecule has 2 aliphatic rings. The molecule has 0 aliphatic carbocycles. The van der Waals surface area contributed by atoms with E-state index < -0.39 is 12.1 Å². The Morgan fingerprint density at radius 1 is 1.02 bits per heavy atom. The number of aromatic nitrogens is 1. The lowest BCUT2D eigenvalue weighted by atomic mass is 9.99. The van der Waals surface area contributed by atoms with Crippen molar-refractivity contribution < 1.29 is 29.0 Å². The second-order valence-electron chi connectivity index (χ2n) is 10.2. The number of piperidine rings is 1. The number of amides is 3. The Hall–Kier alpha value is -4.09. The van der Waals surface area contributed by atoms with Gasteiger partial charge in [0.15, 0.2) is 6.61 Å². The lowest BCUT2D eigenvalue weighted by molar-refractivity contribution is -0.139. The highest BCUT2D eigenvalue weighted by Gasteiger charge is 2.45. The summed E-state index contributed by atoms with van der Waals surface area (Å²) in [5.74, 6) is -0.502. The fourth-order valence-corrected chi connectivity index (χ4v) is 6.12. The molecule has 5 rings (SSSR count). The molecule has 1 unspecified atom stereocenters. The van der Waals surface area contributed by atoms with Crippen molar-refractivity contribution in [3.05, 3.63) is 84.1 Å². The van der Waals surface area contributed by atoms with Crippen LogP contribution in [-0.4, -0.2) is 81.8 Å². The second kappa shape index (κ2) is 13.7. The van der Waals surface area contributed by atoms with Gasteiger partial charge in [0.05, 0.1) is 19.2 Å². The summed E-state index contributed by atoms with van der Waals surface area (Å²) in [6, 6.07) is 20.8. The molecule has 3 heterocycles. The first-order chi connectivity index (χ1) is 20.4. The van der Waals surface area contributed by atoms with Gasteiger partial charge in [-0.1, -0.05) is 48.2 Å². The van der Waals surface area contributed by atoms with Crippen molar-refractivity contribution in [1.82, 2.24) is 19.7 Å². The number of urea groups is 1.